The standard InChI is InChI=1S/C24H51N/c1-4-7-9-11-13-15-17-19-22-24(25,21-6-3)23-20-18-16-14-12-10-8-5-2/h4-23,25H2,1-3H3. The van der Waals surface area contributed by atoms with E-state index in [4.69, 9.17) is 5.73 Å². The molecule has 0 aromatic carbocycles. The third-order valence-electron chi connectivity index (χ3n) is 5.80. The summed E-state index contributed by atoms with van der Waals surface area (Å²) in [6.07, 6.45) is 27.5. The van der Waals surface area contributed by atoms with E-state index in [1.165, 1.54) is 128 Å². The highest BCUT2D eigenvalue weighted by Crippen LogP contribution is 2.25. The van der Waals surface area contributed by atoms with E-state index < -0.39 is 0 Å². The molecular formula is C24H51N. The minimum atomic E-state index is 0.138. The van der Waals surface area contributed by atoms with Crippen LogP contribution in [0.25, 0.3) is 0 Å². The van der Waals surface area contributed by atoms with E-state index in [2.05, 4.69) is 20.8 Å². The number of nitrogens with two attached hydrogens (primary N) is 1. The van der Waals surface area contributed by atoms with Crippen LogP contribution in [0.3, 0.4) is 0 Å². The van der Waals surface area contributed by atoms with Gasteiger partial charge in [-0.2, -0.15) is 0 Å². The monoisotopic (exact) mass is 353 g/mol. The highest BCUT2D eigenvalue weighted by Gasteiger charge is 2.22. The highest BCUT2D eigenvalue weighted by atomic mass is 14.7. The van der Waals surface area contributed by atoms with Gasteiger partial charge in [0.1, 0.15) is 0 Å². The molecule has 0 saturated heterocycles. The third kappa shape index (κ3) is 17.1. The molecule has 25 heavy (non-hydrogen) atoms. The van der Waals surface area contributed by atoms with Gasteiger partial charge < -0.3 is 5.73 Å². The first-order valence-corrected chi connectivity index (χ1v) is 12.0. The molecule has 1 heteroatoms. The van der Waals surface area contributed by atoms with Crippen molar-refractivity contribution in [2.45, 2.75) is 155 Å². The fourth-order valence-electron chi connectivity index (χ4n) is 4.09. The lowest BCUT2D eigenvalue weighted by Gasteiger charge is -2.29. The zero-order valence-corrected chi connectivity index (χ0v) is 18.2. The average Bonchev–Trinajstić information content (AvgIpc) is 2.60. The molecule has 0 aromatic rings. The van der Waals surface area contributed by atoms with Crippen molar-refractivity contribution in [1.82, 2.24) is 0 Å². The Labute approximate surface area is 160 Å². The normalized spacial score (nSPS) is 12.0. The van der Waals surface area contributed by atoms with Crippen LogP contribution in [-0.2, 0) is 0 Å². The van der Waals surface area contributed by atoms with Gasteiger partial charge in [0.15, 0.2) is 0 Å². The minimum absolute atomic E-state index is 0.138. The van der Waals surface area contributed by atoms with Crippen molar-refractivity contribution in [3.63, 3.8) is 0 Å². The van der Waals surface area contributed by atoms with Crippen molar-refractivity contribution < 1.29 is 0 Å². The Hall–Kier alpha value is -0.0400. The van der Waals surface area contributed by atoms with E-state index in [1.807, 2.05) is 0 Å². The van der Waals surface area contributed by atoms with E-state index in [9.17, 15) is 0 Å². The molecule has 0 saturated carbocycles. The maximum atomic E-state index is 6.77. The van der Waals surface area contributed by atoms with E-state index in [0.29, 0.717) is 0 Å². The molecule has 0 bridgehead atoms. The molecule has 0 amide bonds. The Morgan fingerprint density at radius 1 is 0.400 bits per heavy atom. The van der Waals surface area contributed by atoms with Gasteiger partial charge in [-0.05, 0) is 19.3 Å². The fraction of sp³-hybridized carbons (Fsp3) is 1.00. The Kier molecular flexibility index (Phi) is 18.7. The number of hydrogen-bond donors (Lipinski definition) is 1. The summed E-state index contributed by atoms with van der Waals surface area (Å²) < 4.78 is 0. The zero-order valence-electron chi connectivity index (χ0n) is 18.2. The lowest BCUT2D eigenvalue weighted by Crippen LogP contribution is -2.39. The van der Waals surface area contributed by atoms with E-state index in [-0.39, 0.29) is 5.54 Å². The Bertz CT molecular complexity index is 228. The van der Waals surface area contributed by atoms with Crippen LogP contribution < -0.4 is 5.73 Å². The van der Waals surface area contributed by atoms with Gasteiger partial charge in [-0.15, -0.1) is 0 Å². The summed E-state index contributed by atoms with van der Waals surface area (Å²) in [5.41, 5.74) is 6.91. The fourth-order valence-corrected chi connectivity index (χ4v) is 4.09. The van der Waals surface area contributed by atoms with Crippen LogP contribution in [-0.4, -0.2) is 5.54 Å². The predicted octanol–water partition coefficient (Wildman–Crippen LogP) is 8.55. The molecule has 2 N–H and O–H groups in total. The molecule has 1 nitrogen and oxygen atoms in total. The van der Waals surface area contributed by atoms with Gasteiger partial charge in [0.25, 0.3) is 0 Å². The zero-order chi connectivity index (χ0) is 18.6. The SMILES string of the molecule is CCCCCCCCCCC(N)(CCC)CCCCCCCCCC. The first-order chi connectivity index (χ1) is 12.2. The first kappa shape index (κ1) is 25.0. The molecule has 0 atom stereocenters. The van der Waals surface area contributed by atoms with Crippen molar-refractivity contribution >= 4 is 0 Å². The number of rotatable bonds is 20. The molecule has 0 aliphatic carbocycles. The molecule has 0 unspecified atom stereocenters. The summed E-state index contributed by atoms with van der Waals surface area (Å²) in [6.45, 7) is 6.88. The van der Waals surface area contributed by atoms with Crippen LogP contribution in [0.4, 0.5) is 0 Å². The third-order valence-corrected chi connectivity index (χ3v) is 5.80. The van der Waals surface area contributed by atoms with Gasteiger partial charge in [0, 0.05) is 5.54 Å². The summed E-state index contributed by atoms with van der Waals surface area (Å²) in [6, 6.07) is 0. The van der Waals surface area contributed by atoms with Gasteiger partial charge in [-0.3, -0.25) is 0 Å². The summed E-state index contributed by atoms with van der Waals surface area (Å²) >= 11 is 0. The van der Waals surface area contributed by atoms with Crippen molar-refractivity contribution in [1.29, 1.82) is 0 Å². The molecule has 0 fully saturated rings. The van der Waals surface area contributed by atoms with Crippen LogP contribution in [0.5, 0.6) is 0 Å². The summed E-state index contributed by atoms with van der Waals surface area (Å²) in [5.74, 6) is 0. The predicted molar refractivity (Wildman–Crippen MR) is 116 cm³/mol. The second-order valence-corrected chi connectivity index (χ2v) is 8.56. The summed E-state index contributed by atoms with van der Waals surface area (Å²) in [5, 5.41) is 0. The smallest absolute Gasteiger partial charge is 0.0154 e. The van der Waals surface area contributed by atoms with Gasteiger partial charge in [-0.25, -0.2) is 0 Å². The van der Waals surface area contributed by atoms with E-state index in [0.717, 1.165) is 0 Å². The average molecular weight is 354 g/mol. The van der Waals surface area contributed by atoms with Gasteiger partial charge >= 0.3 is 0 Å². The highest BCUT2D eigenvalue weighted by molar-refractivity contribution is 4.83. The number of hydrogen-bond acceptors (Lipinski definition) is 1. The maximum Gasteiger partial charge on any atom is 0.0154 e. The summed E-state index contributed by atoms with van der Waals surface area (Å²) in [7, 11) is 0. The van der Waals surface area contributed by atoms with Crippen molar-refractivity contribution in [2.24, 2.45) is 5.73 Å². The second kappa shape index (κ2) is 18.7. The van der Waals surface area contributed by atoms with Gasteiger partial charge in [0.2, 0.25) is 0 Å². The molecule has 0 aromatic heterocycles. The van der Waals surface area contributed by atoms with Gasteiger partial charge in [0.05, 0.1) is 0 Å². The number of unbranched alkanes of at least 4 members (excludes halogenated alkanes) is 14. The first-order valence-electron chi connectivity index (χ1n) is 12.0. The molecule has 152 valence electrons. The Morgan fingerprint density at radius 2 is 0.720 bits per heavy atom. The summed E-state index contributed by atoms with van der Waals surface area (Å²) in [4.78, 5) is 0. The lowest BCUT2D eigenvalue weighted by molar-refractivity contribution is 0.311. The molecule has 0 aliphatic rings. The molecule has 0 rings (SSSR count). The van der Waals surface area contributed by atoms with E-state index in [1.54, 1.807) is 0 Å². The van der Waals surface area contributed by atoms with Crippen LogP contribution >= 0.6 is 0 Å². The molecule has 0 aliphatic heterocycles. The van der Waals surface area contributed by atoms with Crippen LogP contribution in [0.15, 0.2) is 0 Å². The molecule has 0 spiro atoms. The van der Waals surface area contributed by atoms with Gasteiger partial charge in [-0.1, -0.05) is 130 Å². The maximum absolute atomic E-state index is 6.77. The Balaban J connectivity index is 3.66. The molecule has 0 radical (unpaired) electrons. The topological polar surface area (TPSA) is 26.0 Å². The molecule has 0 heterocycles. The van der Waals surface area contributed by atoms with Crippen LogP contribution in [0.2, 0.25) is 0 Å². The Morgan fingerprint density at radius 3 is 1.04 bits per heavy atom. The van der Waals surface area contributed by atoms with Crippen molar-refractivity contribution in [2.75, 3.05) is 0 Å². The molecular weight excluding hydrogens is 302 g/mol. The van der Waals surface area contributed by atoms with Crippen LogP contribution in [0.1, 0.15) is 149 Å². The quantitative estimate of drug-likeness (QED) is 0.218. The van der Waals surface area contributed by atoms with E-state index >= 15 is 0 Å². The minimum Gasteiger partial charge on any atom is -0.325 e. The van der Waals surface area contributed by atoms with Crippen molar-refractivity contribution in [3.8, 4) is 0 Å². The lowest BCUT2D eigenvalue weighted by atomic mass is 9.83. The largest absolute Gasteiger partial charge is 0.325 e. The van der Waals surface area contributed by atoms with Crippen molar-refractivity contribution in [3.05, 3.63) is 0 Å². The second-order valence-electron chi connectivity index (χ2n) is 8.56. The van der Waals surface area contributed by atoms with Crippen LogP contribution in [0, 0.1) is 0 Å².